The molecule has 0 bridgehead atoms. The van der Waals surface area contributed by atoms with E-state index in [1.165, 1.54) is 28.6 Å². The van der Waals surface area contributed by atoms with Crippen LogP contribution < -0.4 is 4.90 Å². The summed E-state index contributed by atoms with van der Waals surface area (Å²) in [5.74, 6) is 0.590. The lowest BCUT2D eigenvalue weighted by Gasteiger charge is -2.36. The predicted octanol–water partition coefficient (Wildman–Crippen LogP) is 1.75. The number of piperazine rings is 1. The van der Waals surface area contributed by atoms with Crippen LogP contribution in [0.3, 0.4) is 0 Å². The number of hydrogen-bond donors (Lipinski definition) is 0. The lowest BCUT2D eigenvalue weighted by atomic mass is 10.2. The maximum Gasteiger partial charge on any atom is 0.269 e. The summed E-state index contributed by atoms with van der Waals surface area (Å²) >= 11 is 0. The van der Waals surface area contributed by atoms with Crippen LogP contribution in [0.2, 0.25) is 0 Å². The Balaban J connectivity index is 1.37. The fourth-order valence-electron chi connectivity index (χ4n) is 4.27. The van der Waals surface area contributed by atoms with E-state index in [1.807, 2.05) is 19.9 Å². The molecule has 0 aliphatic carbocycles. The average Bonchev–Trinajstić information content (AvgIpc) is 2.83. The minimum absolute atomic E-state index is 0.00980. The van der Waals surface area contributed by atoms with Gasteiger partial charge >= 0.3 is 0 Å². The number of rotatable bonds is 5. The Bertz CT molecular complexity index is 1140. The molecule has 1 amide bonds. The number of pyridine rings is 1. The lowest BCUT2D eigenvalue weighted by molar-refractivity contribution is -0.384. The minimum atomic E-state index is -3.80. The molecule has 0 spiro atoms. The van der Waals surface area contributed by atoms with Crippen molar-refractivity contribution in [3.05, 3.63) is 58.3 Å². The van der Waals surface area contributed by atoms with Crippen LogP contribution in [-0.2, 0) is 14.8 Å². The Morgan fingerprint density at radius 1 is 1.03 bits per heavy atom. The Labute approximate surface area is 198 Å². The predicted molar refractivity (Wildman–Crippen MR) is 124 cm³/mol. The normalized spacial score (nSPS) is 21.9. The van der Waals surface area contributed by atoms with E-state index in [-0.39, 0.29) is 54.9 Å². The Morgan fingerprint density at radius 3 is 2.18 bits per heavy atom. The molecule has 2 atom stereocenters. The van der Waals surface area contributed by atoms with Gasteiger partial charge in [-0.1, -0.05) is 0 Å². The first-order valence-electron chi connectivity index (χ1n) is 11.1. The molecule has 0 radical (unpaired) electrons. The molecular weight excluding hydrogens is 462 g/mol. The third kappa shape index (κ3) is 5.03. The van der Waals surface area contributed by atoms with Gasteiger partial charge < -0.3 is 14.5 Å². The summed E-state index contributed by atoms with van der Waals surface area (Å²) in [6.07, 6.45) is 1.76. The monoisotopic (exact) mass is 489 g/mol. The molecule has 0 N–H and O–H groups in total. The molecule has 34 heavy (non-hydrogen) atoms. The number of hydrogen-bond acceptors (Lipinski definition) is 8. The number of morpholine rings is 1. The van der Waals surface area contributed by atoms with Crippen LogP contribution in [0.15, 0.2) is 47.5 Å². The van der Waals surface area contributed by atoms with E-state index < -0.39 is 14.9 Å². The Kier molecular flexibility index (Phi) is 6.82. The van der Waals surface area contributed by atoms with Crippen LogP contribution in [-0.4, -0.2) is 84.9 Å². The summed E-state index contributed by atoms with van der Waals surface area (Å²) in [7, 11) is -3.80. The van der Waals surface area contributed by atoms with E-state index in [1.54, 1.807) is 17.2 Å². The van der Waals surface area contributed by atoms with Crippen LogP contribution in [0.5, 0.6) is 0 Å². The van der Waals surface area contributed by atoms with Crippen molar-refractivity contribution in [2.45, 2.75) is 31.0 Å². The van der Waals surface area contributed by atoms with E-state index in [9.17, 15) is 23.3 Å². The quantitative estimate of drug-likeness (QED) is 0.459. The molecule has 182 valence electrons. The van der Waals surface area contributed by atoms with E-state index in [4.69, 9.17) is 4.74 Å². The molecule has 1 aromatic heterocycles. The third-order valence-electron chi connectivity index (χ3n) is 5.95. The lowest BCUT2D eigenvalue weighted by Crippen LogP contribution is -2.50. The van der Waals surface area contributed by atoms with Crippen molar-refractivity contribution < 1.29 is 22.9 Å². The second-order valence-corrected chi connectivity index (χ2v) is 10.5. The zero-order valence-corrected chi connectivity index (χ0v) is 19.8. The fourth-order valence-corrected chi connectivity index (χ4v) is 5.69. The number of ether oxygens (including phenoxy) is 1. The highest BCUT2D eigenvalue weighted by Crippen LogP contribution is 2.22. The standard InChI is InChI=1S/C22H27N5O6S/c1-16-14-25(15-17(2)33-16)21-8-3-18(13-23-21)22(28)24-9-11-26(12-10-24)34(31,32)20-6-4-19(5-7-20)27(29)30/h3-8,13,16-17H,9-12,14-15H2,1-2H3. The number of aromatic nitrogens is 1. The van der Waals surface area contributed by atoms with Crippen molar-refractivity contribution in [2.24, 2.45) is 0 Å². The average molecular weight is 490 g/mol. The molecule has 2 saturated heterocycles. The summed E-state index contributed by atoms with van der Waals surface area (Å²) < 4.78 is 32.8. The van der Waals surface area contributed by atoms with Crippen molar-refractivity contribution in [1.82, 2.24) is 14.2 Å². The topological polar surface area (TPSA) is 126 Å². The number of sulfonamides is 1. The maximum absolute atomic E-state index is 12.9. The smallest absolute Gasteiger partial charge is 0.269 e. The van der Waals surface area contributed by atoms with Gasteiger partial charge in [-0.05, 0) is 38.1 Å². The highest BCUT2D eigenvalue weighted by molar-refractivity contribution is 7.89. The van der Waals surface area contributed by atoms with Crippen molar-refractivity contribution in [3.8, 4) is 0 Å². The van der Waals surface area contributed by atoms with Crippen LogP contribution in [0.25, 0.3) is 0 Å². The zero-order chi connectivity index (χ0) is 24.5. The molecular formula is C22H27N5O6S. The van der Waals surface area contributed by atoms with E-state index in [2.05, 4.69) is 9.88 Å². The molecule has 2 unspecified atom stereocenters. The molecule has 2 aromatic rings. The first kappa shape index (κ1) is 24.0. The first-order valence-corrected chi connectivity index (χ1v) is 12.5. The highest BCUT2D eigenvalue weighted by Gasteiger charge is 2.31. The van der Waals surface area contributed by atoms with E-state index in [0.29, 0.717) is 5.56 Å². The summed E-state index contributed by atoms with van der Waals surface area (Å²) in [5, 5.41) is 10.8. The van der Waals surface area contributed by atoms with Crippen LogP contribution in [0, 0.1) is 10.1 Å². The number of carbonyl (C=O) groups excluding carboxylic acids is 1. The van der Waals surface area contributed by atoms with Crippen LogP contribution >= 0.6 is 0 Å². The first-order chi connectivity index (χ1) is 16.1. The summed E-state index contributed by atoms with van der Waals surface area (Å²) in [5.41, 5.74) is 0.274. The van der Waals surface area contributed by atoms with Crippen molar-refractivity contribution in [3.63, 3.8) is 0 Å². The molecule has 2 fully saturated rings. The fraction of sp³-hybridized carbons (Fsp3) is 0.455. The number of non-ortho nitro benzene ring substituents is 1. The molecule has 3 heterocycles. The second kappa shape index (κ2) is 9.65. The van der Waals surface area contributed by atoms with Gasteiger partial charge in [-0.2, -0.15) is 4.31 Å². The Hall–Kier alpha value is -3.09. The summed E-state index contributed by atoms with van der Waals surface area (Å²) in [4.78, 5) is 31.4. The second-order valence-electron chi connectivity index (χ2n) is 8.51. The van der Waals surface area contributed by atoms with Crippen LogP contribution in [0.1, 0.15) is 24.2 Å². The number of carbonyl (C=O) groups is 1. The molecule has 2 aliphatic rings. The van der Waals surface area contributed by atoms with E-state index >= 15 is 0 Å². The molecule has 0 saturated carbocycles. The zero-order valence-electron chi connectivity index (χ0n) is 19.0. The summed E-state index contributed by atoms with van der Waals surface area (Å²) in [6, 6.07) is 8.37. The van der Waals surface area contributed by atoms with Gasteiger partial charge in [-0.25, -0.2) is 13.4 Å². The molecule has 1 aromatic carbocycles. The van der Waals surface area contributed by atoms with Gasteiger partial charge in [-0.3, -0.25) is 14.9 Å². The number of benzene rings is 1. The number of nitro benzene ring substituents is 1. The number of nitro groups is 1. The number of anilines is 1. The van der Waals surface area contributed by atoms with Crippen molar-refractivity contribution in [2.75, 3.05) is 44.2 Å². The SMILES string of the molecule is CC1CN(c2ccc(C(=O)N3CCN(S(=O)(=O)c4ccc([N+](=O)[O-])cc4)CC3)cn2)CC(C)O1. The number of nitrogens with zero attached hydrogens (tertiary/aromatic N) is 5. The minimum Gasteiger partial charge on any atom is -0.372 e. The number of amides is 1. The van der Waals surface area contributed by atoms with Gasteiger partial charge in [0.15, 0.2) is 0 Å². The molecule has 2 aliphatic heterocycles. The van der Waals surface area contributed by atoms with Gasteiger partial charge in [0.05, 0.1) is 27.6 Å². The third-order valence-corrected chi connectivity index (χ3v) is 7.86. The van der Waals surface area contributed by atoms with Gasteiger partial charge in [0, 0.05) is 57.6 Å². The molecule has 4 rings (SSSR count). The van der Waals surface area contributed by atoms with Crippen molar-refractivity contribution >= 4 is 27.4 Å². The van der Waals surface area contributed by atoms with Crippen LogP contribution in [0.4, 0.5) is 11.5 Å². The largest absolute Gasteiger partial charge is 0.372 e. The van der Waals surface area contributed by atoms with Crippen molar-refractivity contribution in [1.29, 1.82) is 0 Å². The van der Waals surface area contributed by atoms with Gasteiger partial charge in [0.1, 0.15) is 5.82 Å². The van der Waals surface area contributed by atoms with Gasteiger partial charge in [0.2, 0.25) is 10.0 Å². The molecule has 12 heteroatoms. The van der Waals surface area contributed by atoms with Gasteiger partial charge in [-0.15, -0.1) is 0 Å². The highest BCUT2D eigenvalue weighted by atomic mass is 32.2. The molecule has 11 nitrogen and oxygen atoms in total. The maximum atomic E-state index is 12.9. The van der Waals surface area contributed by atoms with Gasteiger partial charge in [0.25, 0.3) is 11.6 Å². The Morgan fingerprint density at radius 2 is 1.65 bits per heavy atom. The summed E-state index contributed by atoms with van der Waals surface area (Å²) in [6.45, 7) is 6.26. The van der Waals surface area contributed by atoms with E-state index in [0.717, 1.165) is 18.9 Å².